The molecule has 0 spiro atoms. The van der Waals surface area contributed by atoms with Crippen LogP contribution in [0.4, 0.5) is 4.39 Å². The minimum Gasteiger partial charge on any atom is -0.481 e. The average molecular weight is 388 g/mol. The second kappa shape index (κ2) is 7.20. The number of fused-ring (bicyclic) bond motifs is 1. The van der Waals surface area contributed by atoms with Crippen LogP contribution in [0.25, 0.3) is 28.4 Å². The summed E-state index contributed by atoms with van der Waals surface area (Å²) in [7, 11) is 1.53. The Labute approximate surface area is 166 Å². The minimum atomic E-state index is -0.413. The van der Waals surface area contributed by atoms with E-state index < -0.39 is 5.82 Å². The van der Waals surface area contributed by atoms with Crippen LogP contribution in [0, 0.1) is 31.0 Å². The number of aromatic nitrogens is 5. The van der Waals surface area contributed by atoms with Gasteiger partial charge in [0.25, 0.3) is 0 Å². The van der Waals surface area contributed by atoms with Crippen molar-refractivity contribution in [3.05, 3.63) is 65.4 Å². The number of halogens is 1. The van der Waals surface area contributed by atoms with E-state index in [-0.39, 0.29) is 0 Å². The number of aromatic amines is 1. The van der Waals surface area contributed by atoms with Gasteiger partial charge in [-0.15, -0.1) is 0 Å². The predicted octanol–water partition coefficient (Wildman–Crippen LogP) is 3.97. The van der Waals surface area contributed by atoms with Gasteiger partial charge in [0.15, 0.2) is 5.82 Å². The summed E-state index contributed by atoms with van der Waals surface area (Å²) in [6, 6.07) is 7.40. The van der Waals surface area contributed by atoms with Crippen molar-refractivity contribution < 1.29 is 9.13 Å². The van der Waals surface area contributed by atoms with E-state index in [9.17, 15) is 9.65 Å². The fraction of sp³-hybridized carbons (Fsp3) is 0.143. The predicted molar refractivity (Wildman–Crippen MR) is 107 cm³/mol. The van der Waals surface area contributed by atoms with E-state index in [2.05, 4.69) is 26.0 Å². The lowest BCUT2D eigenvalue weighted by Crippen LogP contribution is -2.02. The van der Waals surface area contributed by atoms with Crippen LogP contribution in [0.2, 0.25) is 0 Å². The van der Waals surface area contributed by atoms with E-state index in [1.165, 1.54) is 13.3 Å². The first-order valence-corrected chi connectivity index (χ1v) is 8.82. The first kappa shape index (κ1) is 18.4. The number of hydrogen-bond acceptors (Lipinski definition) is 5. The van der Waals surface area contributed by atoms with E-state index in [1.807, 2.05) is 19.9 Å². The Kier molecular flexibility index (Phi) is 4.56. The molecule has 4 rings (SSSR count). The number of H-pyrrole nitrogens is 1. The SMILES string of the molecule is COc1cc2nc(/C(C#N)=C/c3cc(C)n(-c4ccncc4F)c3C)[nH]c2cn1. The molecule has 0 aromatic carbocycles. The number of allylic oxidation sites excluding steroid dienone is 1. The topological polar surface area (TPSA) is 92.4 Å². The maximum atomic E-state index is 14.2. The number of imidazole rings is 1. The summed E-state index contributed by atoms with van der Waals surface area (Å²) < 4.78 is 21.1. The first-order valence-electron chi connectivity index (χ1n) is 8.82. The molecule has 0 saturated carbocycles. The van der Waals surface area contributed by atoms with Gasteiger partial charge in [0.1, 0.15) is 11.9 Å². The first-order chi connectivity index (χ1) is 14.0. The standard InChI is InChI=1S/C21H17FN6O/c1-12-6-14(13(2)28(12)19-4-5-24-10-16(19)22)7-15(9-23)21-26-17-8-20(29-3)25-11-18(17)27-21/h4-8,10-11H,1-3H3,(H,26,27)/b15-7+. The molecule has 0 aliphatic rings. The van der Waals surface area contributed by atoms with Crippen molar-refractivity contribution in [2.45, 2.75) is 13.8 Å². The Morgan fingerprint density at radius 2 is 2.14 bits per heavy atom. The summed E-state index contributed by atoms with van der Waals surface area (Å²) in [5.41, 5.74) is 4.56. The van der Waals surface area contributed by atoms with Gasteiger partial charge in [-0.05, 0) is 37.6 Å². The molecule has 0 unspecified atom stereocenters. The number of aryl methyl sites for hydroxylation is 1. The van der Waals surface area contributed by atoms with Crippen molar-refractivity contribution >= 4 is 22.7 Å². The average Bonchev–Trinajstić information content (AvgIpc) is 3.26. The molecular formula is C21H17FN6O. The molecule has 0 aliphatic carbocycles. The maximum Gasteiger partial charge on any atom is 0.215 e. The van der Waals surface area contributed by atoms with Crippen LogP contribution in [0.3, 0.4) is 0 Å². The summed E-state index contributed by atoms with van der Waals surface area (Å²) in [5.74, 6) is 0.461. The summed E-state index contributed by atoms with van der Waals surface area (Å²) in [5, 5.41) is 9.70. The van der Waals surface area contributed by atoms with E-state index >= 15 is 0 Å². The Morgan fingerprint density at radius 1 is 1.31 bits per heavy atom. The zero-order valence-corrected chi connectivity index (χ0v) is 16.1. The van der Waals surface area contributed by atoms with Crippen LogP contribution in [0.1, 0.15) is 22.8 Å². The van der Waals surface area contributed by atoms with Gasteiger partial charge >= 0.3 is 0 Å². The zero-order chi connectivity index (χ0) is 20.5. The molecule has 0 radical (unpaired) electrons. The van der Waals surface area contributed by atoms with Crippen molar-refractivity contribution in [1.82, 2.24) is 24.5 Å². The Hall–Kier alpha value is -3.99. The number of nitrogens with zero attached hydrogens (tertiary/aromatic N) is 5. The van der Waals surface area contributed by atoms with E-state index in [1.54, 1.807) is 35.2 Å². The maximum absolute atomic E-state index is 14.2. The Balaban J connectivity index is 1.80. The van der Waals surface area contributed by atoms with Crippen LogP contribution in [0.15, 0.2) is 36.8 Å². The normalized spacial score (nSPS) is 11.6. The molecule has 4 heterocycles. The van der Waals surface area contributed by atoms with Crippen molar-refractivity contribution in [2.75, 3.05) is 7.11 Å². The molecule has 0 saturated heterocycles. The van der Waals surface area contributed by atoms with E-state index in [0.29, 0.717) is 34.0 Å². The van der Waals surface area contributed by atoms with Crippen LogP contribution < -0.4 is 4.74 Å². The number of ether oxygens (including phenoxy) is 1. The van der Waals surface area contributed by atoms with Gasteiger partial charge in [0, 0.05) is 23.7 Å². The minimum absolute atomic E-state index is 0.357. The number of rotatable bonds is 4. The van der Waals surface area contributed by atoms with Crippen LogP contribution >= 0.6 is 0 Å². The number of hydrogen-bond donors (Lipinski definition) is 1. The number of pyridine rings is 2. The lowest BCUT2D eigenvalue weighted by atomic mass is 10.1. The molecule has 0 amide bonds. The van der Waals surface area contributed by atoms with Gasteiger partial charge in [-0.1, -0.05) is 0 Å². The van der Waals surface area contributed by atoms with Gasteiger partial charge in [0.05, 0.1) is 41.8 Å². The van der Waals surface area contributed by atoms with Gasteiger partial charge in [-0.2, -0.15) is 5.26 Å². The largest absolute Gasteiger partial charge is 0.481 e. The van der Waals surface area contributed by atoms with Crippen molar-refractivity contribution in [1.29, 1.82) is 5.26 Å². The summed E-state index contributed by atoms with van der Waals surface area (Å²) in [4.78, 5) is 15.5. The third-order valence-corrected chi connectivity index (χ3v) is 4.69. The Morgan fingerprint density at radius 3 is 2.86 bits per heavy atom. The quantitative estimate of drug-likeness (QED) is 0.534. The smallest absolute Gasteiger partial charge is 0.215 e. The molecule has 7 nitrogen and oxygen atoms in total. The van der Waals surface area contributed by atoms with Gasteiger partial charge < -0.3 is 14.3 Å². The van der Waals surface area contributed by atoms with Crippen LogP contribution in [-0.4, -0.2) is 31.6 Å². The zero-order valence-electron chi connectivity index (χ0n) is 16.1. The monoisotopic (exact) mass is 388 g/mol. The molecule has 29 heavy (non-hydrogen) atoms. The van der Waals surface area contributed by atoms with Gasteiger partial charge in [0.2, 0.25) is 5.88 Å². The fourth-order valence-electron chi connectivity index (χ4n) is 3.29. The second-order valence-corrected chi connectivity index (χ2v) is 6.49. The van der Waals surface area contributed by atoms with Crippen LogP contribution in [-0.2, 0) is 0 Å². The van der Waals surface area contributed by atoms with Gasteiger partial charge in [-0.25, -0.2) is 14.4 Å². The lowest BCUT2D eigenvalue weighted by molar-refractivity contribution is 0.398. The highest BCUT2D eigenvalue weighted by atomic mass is 19.1. The highest BCUT2D eigenvalue weighted by Crippen LogP contribution is 2.26. The third-order valence-electron chi connectivity index (χ3n) is 4.69. The molecular weight excluding hydrogens is 371 g/mol. The molecule has 4 aromatic heterocycles. The van der Waals surface area contributed by atoms with Crippen molar-refractivity contribution in [2.24, 2.45) is 0 Å². The Bertz CT molecular complexity index is 1290. The highest BCUT2D eigenvalue weighted by molar-refractivity contribution is 5.90. The van der Waals surface area contributed by atoms with E-state index in [0.717, 1.165) is 17.0 Å². The molecule has 0 aliphatic heterocycles. The molecule has 8 heteroatoms. The third kappa shape index (κ3) is 3.23. The van der Waals surface area contributed by atoms with Crippen molar-refractivity contribution in [3.63, 3.8) is 0 Å². The molecule has 0 bridgehead atoms. The number of methoxy groups -OCH3 is 1. The summed E-state index contributed by atoms with van der Waals surface area (Å²) in [6.45, 7) is 3.76. The number of nitrogens with one attached hydrogen (secondary N) is 1. The summed E-state index contributed by atoms with van der Waals surface area (Å²) in [6.07, 6.45) is 6.07. The summed E-state index contributed by atoms with van der Waals surface area (Å²) >= 11 is 0. The highest BCUT2D eigenvalue weighted by Gasteiger charge is 2.15. The fourth-order valence-corrected chi connectivity index (χ4v) is 3.29. The molecule has 0 fully saturated rings. The molecule has 0 atom stereocenters. The molecule has 144 valence electrons. The second-order valence-electron chi connectivity index (χ2n) is 6.49. The number of nitriles is 1. The molecule has 4 aromatic rings. The van der Waals surface area contributed by atoms with Crippen molar-refractivity contribution in [3.8, 4) is 17.6 Å². The lowest BCUT2D eigenvalue weighted by Gasteiger charge is -2.10. The van der Waals surface area contributed by atoms with E-state index in [4.69, 9.17) is 4.74 Å². The van der Waals surface area contributed by atoms with Crippen LogP contribution in [0.5, 0.6) is 5.88 Å². The van der Waals surface area contributed by atoms with Gasteiger partial charge in [-0.3, -0.25) is 4.98 Å². The molecule has 1 N–H and O–H groups in total.